The first kappa shape index (κ1) is 14.3. The number of nitrogens with zero attached hydrogens (tertiary/aromatic N) is 3. The molecular weight excluding hydrogens is 261 g/mol. The fourth-order valence-corrected chi connectivity index (χ4v) is 1.14. The number of nitrogens with one attached hydrogen (secondary N) is 1. The molecule has 0 radical (unpaired) electrons. The van der Waals surface area contributed by atoms with E-state index in [1.807, 2.05) is 0 Å². The standard InChI is InChI=1S/C11H7F3N4O/c1-7-2-3-10(19-11(12,13)14)9(4-7)18-17-8(5-15)6-16/h2-4,18H,1H3. The number of halogens is 3. The molecule has 0 saturated heterocycles. The van der Waals surface area contributed by atoms with E-state index in [4.69, 9.17) is 10.5 Å². The van der Waals surface area contributed by atoms with E-state index in [9.17, 15) is 13.2 Å². The highest BCUT2D eigenvalue weighted by Gasteiger charge is 2.32. The molecule has 8 heteroatoms. The normalized spacial score (nSPS) is 10.0. The van der Waals surface area contributed by atoms with Gasteiger partial charge < -0.3 is 4.74 Å². The number of nitriles is 2. The van der Waals surface area contributed by atoms with Gasteiger partial charge in [-0.05, 0) is 24.6 Å². The molecule has 0 aliphatic carbocycles. The Balaban J connectivity index is 3.06. The maximum absolute atomic E-state index is 12.2. The van der Waals surface area contributed by atoms with Crippen molar-refractivity contribution in [2.75, 3.05) is 5.43 Å². The first-order chi connectivity index (χ1) is 8.85. The molecule has 0 bridgehead atoms. The Morgan fingerprint density at radius 1 is 1.32 bits per heavy atom. The summed E-state index contributed by atoms with van der Waals surface area (Å²) < 4.78 is 40.3. The fraction of sp³-hybridized carbons (Fsp3) is 0.182. The summed E-state index contributed by atoms with van der Waals surface area (Å²) in [6, 6.07) is 6.81. The average Bonchev–Trinajstić information content (AvgIpc) is 2.32. The van der Waals surface area contributed by atoms with Crippen LogP contribution in [0.25, 0.3) is 0 Å². The van der Waals surface area contributed by atoms with Crippen LogP contribution in [0.1, 0.15) is 5.56 Å². The molecule has 1 rings (SSSR count). The quantitative estimate of drug-likeness (QED) is 0.675. The molecule has 0 aliphatic heterocycles. The first-order valence-electron chi connectivity index (χ1n) is 4.86. The Labute approximate surface area is 106 Å². The van der Waals surface area contributed by atoms with Crippen LogP contribution in [0.5, 0.6) is 5.75 Å². The number of alkyl halides is 3. The summed E-state index contributed by atoms with van der Waals surface area (Å²) >= 11 is 0. The minimum absolute atomic E-state index is 0.0969. The lowest BCUT2D eigenvalue weighted by atomic mass is 10.2. The summed E-state index contributed by atoms with van der Waals surface area (Å²) in [6.45, 7) is 1.65. The van der Waals surface area contributed by atoms with Gasteiger partial charge in [-0.25, -0.2) is 0 Å². The van der Waals surface area contributed by atoms with Gasteiger partial charge in [0.25, 0.3) is 0 Å². The second kappa shape index (κ2) is 5.74. The van der Waals surface area contributed by atoms with Gasteiger partial charge >= 0.3 is 6.36 Å². The van der Waals surface area contributed by atoms with Crippen molar-refractivity contribution >= 4 is 11.4 Å². The third kappa shape index (κ3) is 4.56. The lowest BCUT2D eigenvalue weighted by Gasteiger charge is -2.13. The van der Waals surface area contributed by atoms with Crippen LogP contribution in [0.3, 0.4) is 0 Å². The van der Waals surface area contributed by atoms with Crippen molar-refractivity contribution in [3.05, 3.63) is 23.8 Å². The molecule has 0 fully saturated rings. The Morgan fingerprint density at radius 3 is 2.47 bits per heavy atom. The van der Waals surface area contributed by atoms with Crippen molar-refractivity contribution in [2.45, 2.75) is 13.3 Å². The minimum atomic E-state index is -4.84. The van der Waals surface area contributed by atoms with E-state index in [1.165, 1.54) is 24.3 Å². The minimum Gasteiger partial charge on any atom is -0.404 e. The zero-order valence-electron chi connectivity index (χ0n) is 9.62. The van der Waals surface area contributed by atoms with Crippen LogP contribution in [-0.2, 0) is 0 Å². The van der Waals surface area contributed by atoms with Gasteiger partial charge in [-0.3, -0.25) is 5.43 Å². The summed E-state index contributed by atoms with van der Waals surface area (Å²) in [7, 11) is 0. The maximum Gasteiger partial charge on any atom is 0.573 e. The van der Waals surface area contributed by atoms with Crippen molar-refractivity contribution in [1.29, 1.82) is 10.5 Å². The van der Waals surface area contributed by atoms with Gasteiger partial charge in [-0.1, -0.05) is 6.07 Å². The van der Waals surface area contributed by atoms with Crippen LogP contribution in [0.4, 0.5) is 18.9 Å². The lowest BCUT2D eigenvalue weighted by Crippen LogP contribution is -2.18. The zero-order chi connectivity index (χ0) is 14.5. The smallest absolute Gasteiger partial charge is 0.404 e. The van der Waals surface area contributed by atoms with Crippen LogP contribution in [0.15, 0.2) is 23.3 Å². The number of anilines is 1. The number of hydrogen-bond donors (Lipinski definition) is 1. The summed E-state index contributed by atoms with van der Waals surface area (Å²) in [5.74, 6) is -0.503. The van der Waals surface area contributed by atoms with Crippen LogP contribution in [0.2, 0.25) is 0 Å². The Bertz CT molecular complexity index is 565. The Kier molecular flexibility index (Phi) is 4.32. The van der Waals surface area contributed by atoms with E-state index in [0.717, 1.165) is 6.07 Å². The molecule has 0 spiro atoms. The van der Waals surface area contributed by atoms with Crippen molar-refractivity contribution < 1.29 is 17.9 Å². The third-order valence-corrected chi connectivity index (χ3v) is 1.86. The fourth-order valence-electron chi connectivity index (χ4n) is 1.14. The number of rotatable bonds is 3. The highest BCUT2D eigenvalue weighted by molar-refractivity contribution is 6.10. The van der Waals surface area contributed by atoms with Crippen molar-refractivity contribution in [3.63, 3.8) is 0 Å². The molecule has 98 valence electrons. The van der Waals surface area contributed by atoms with Crippen molar-refractivity contribution in [2.24, 2.45) is 5.10 Å². The van der Waals surface area contributed by atoms with Crippen molar-refractivity contribution in [1.82, 2.24) is 0 Å². The molecular formula is C11H7F3N4O. The van der Waals surface area contributed by atoms with E-state index in [-0.39, 0.29) is 5.69 Å². The molecule has 5 nitrogen and oxygen atoms in total. The van der Waals surface area contributed by atoms with Gasteiger partial charge in [0.15, 0.2) is 5.75 Å². The van der Waals surface area contributed by atoms with E-state index < -0.39 is 17.8 Å². The SMILES string of the molecule is Cc1ccc(OC(F)(F)F)c(NN=C(C#N)C#N)c1. The summed E-state index contributed by atoms with van der Waals surface area (Å²) in [5, 5.41) is 20.3. The third-order valence-electron chi connectivity index (χ3n) is 1.86. The van der Waals surface area contributed by atoms with Crippen LogP contribution >= 0.6 is 0 Å². The highest BCUT2D eigenvalue weighted by Crippen LogP contribution is 2.31. The molecule has 0 atom stereocenters. The molecule has 0 aromatic heterocycles. The number of ether oxygens (including phenoxy) is 1. The summed E-state index contributed by atoms with van der Waals surface area (Å²) in [5.41, 5.74) is 2.24. The van der Waals surface area contributed by atoms with Crippen LogP contribution in [-0.4, -0.2) is 12.1 Å². The number of hydrazone groups is 1. The predicted molar refractivity (Wildman–Crippen MR) is 60.1 cm³/mol. The highest BCUT2D eigenvalue weighted by atomic mass is 19.4. The Morgan fingerprint density at radius 2 is 1.95 bits per heavy atom. The second-order valence-corrected chi connectivity index (χ2v) is 3.34. The number of aryl methyl sites for hydroxylation is 1. The topological polar surface area (TPSA) is 81.2 Å². The first-order valence-corrected chi connectivity index (χ1v) is 4.86. The molecule has 1 N–H and O–H groups in total. The van der Waals surface area contributed by atoms with E-state index >= 15 is 0 Å². The van der Waals surface area contributed by atoms with Crippen LogP contribution in [0, 0.1) is 29.6 Å². The zero-order valence-corrected chi connectivity index (χ0v) is 9.62. The Hall–Kier alpha value is -2.74. The van der Waals surface area contributed by atoms with Gasteiger partial charge in [-0.15, -0.1) is 13.2 Å². The lowest BCUT2D eigenvalue weighted by molar-refractivity contribution is -0.274. The summed E-state index contributed by atoms with van der Waals surface area (Å²) in [6.07, 6.45) is -4.84. The van der Waals surface area contributed by atoms with E-state index in [0.29, 0.717) is 5.56 Å². The molecule has 0 unspecified atom stereocenters. The molecule has 19 heavy (non-hydrogen) atoms. The maximum atomic E-state index is 12.2. The van der Waals surface area contributed by atoms with Crippen LogP contribution < -0.4 is 10.2 Å². The number of hydrogen-bond acceptors (Lipinski definition) is 5. The van der Waals surface area contributed by atoms with E-state index in [1.54, 1.807) is 6.92 Å². The van der Waals surface area contributed by atoms with Crippen molar-refractivity contribution in [3.8, 4) is 17.9 Å². The molecule has 0 aliphatic rings. The molecule has 0 heterocycles. The van der Waals surface area contributed by atoms with Gasteiger partial charge in [0.1, 0.15) is 12.1 Å². The monoisotopic (exact) mass is 268 g/mol. The average molecular weight is 268 g/mol. The van der Waals surface area contributed by atoms with Gasteiger partial charge in [-0.2, -0.15) is 15.6 Å². The predicted octanol–water partition coefficient (Wildman–Crippen LogP) is 2.71. The molecule has 1 aromatic rings. The molecule has 0 saturated carbocycles. The van der Waals surface area contributed by atoms with E-state index in [2.05, 4.69) is 15.3 Å². The largest absolute Gasteiger partial charge is 0.573 e. The molecule has 1 aromatic carbocycles. The van der Waals surface area contributed by atoms with Gasteiger partial charge in [0.2, 0.25) is 5.71 Å². The van der Waals surface area contributed by atoms with Gasteiger partial charge in [0.05, 0.1) is 5.69 Å². The summed E-state index contributed by atoms with van der Waals surface area (Å²) in [4.78, 5) is 0. The number of benzene rings is 1. The molecule has 0 amide bonds. The van der Waals surface area contributed by atoms with Gasteiger partial charge in [0, 0.05) is 0 Å². The second-order valence-electron chi connectivity index (χ2n) is 3.34.